The van der Waals surface area contributed by atoms with Gasteiger partial charge >= 0.3 is 0 Å². The summed E-state index contributed by atoms with van der Waals surface area (Å²) in [6.07, 6.45) is 2.15. The molecule has 1 aromatic rings. The highest BCUT2D eigenvalue weighted by atomic mass is 16.5. The van der Waals surface area contributed by atoms with Crippen molar-refractivity contribution >= 4 is 5.69 Å². The average Bonchev–Trinajstić information content (AvgIpc) is 2.40. The predicted molar refractivity (Wildman–Crippen MR) is 80.4 cm³/mol. The minimum atomic E-state index is 0.862. The number of benzene rings is 1. The van der Waals surface area contributed by atoms with E-state index >= 15 is 0 Å². The van der Waals surface area contributed by atoms with Crippen molar-refractivity contribution < 1.29 is 4.74 Å². The molecule has 0 aliphatic carbocycles. The fraction of sp³-hybridized carbons (Fsp3) is 0.500. The quantitative estimate of drug-likeness (QED) is 0.828. The Hall–Kier alpha value is -1.32. The van der Waals surface area contributed by atoms with E-state index in [-0.39, 0.29) is 0 Å². The summed E-state index contributed by atoms with van der Waals surface area (Å²) in [7, 11) is 2.09. The van der Waals surface area contributed by atoms with Gasteiger partial charge in [0.15, 0.2) is 0 Å². The lowest BCUT2D eigenvalue weighted by atomic mass is 10.2. The second kappa shape index (κ2) is 6.73. The fourth-order valence-electron chi connectivity index (χ4n) is 2.32. The first kappa shape index (κ1) is 14.1. The summed E-state index contributed by atoms with van der Waals surface area (Å²) < 4.78 is 5.37. The van der Waals surface area contributed by atoms with Crippen molar-refractivity contribution in [1.82, 2.24) is 4.90 Å². The number of hydrogen-bond acceptors (Lipinski definition) is 3. The molecule has 1 aromatic carbocycles. The molecule has 0 aromatic heterocycles. The largest absolute Gasteiger partial charge is 0.379 e. The third-order valence-corrected chi connectivity index (χ3v) is 3.31. The molecule has 0 spiro atoms. The molecule has 0 amide bonds. The van der Waals surface area contributed by atoms with E-state index in [1.54, 1.807) is 0 Å². The summed E-state index contributed by atoms with van der Waals surface area (Å²) in [6.45, 7) is 9.06. The molecule has 0 bridgehead atoms. The number of allylic oxidation sites excluding steroid dienone is 1. The number of nitrogens with zero attached hydrogens (tertiary/aromatic N) is 2. The fourth-order valence-corrected chi connectivity index (χ4v) is 2.32. The first-order valence-electron chi connectivity index (χ1n) is 6.92. The van der Waals surface area contributed by atoms with E-state index < -0.39 is 0 Å². The lowest BCUT2D eigenvalue weighted by molar-refractivity contribution is 0.0342. The Morgan fingerprint density at radius 1 is 1.21 bits per heavy atom. The van der Waals surface area contributed by atoms with Gasteiger partial charge in [-0.15, -0.1) is 0 Å². The molecule has 3 nitrogen and oxygen atoms in total. The van der Waals surface area contributed by atoms with Gasteiger partial charge < -0.3 is 9.64 Å². The van der Waals surface area contributed by atoms with Crippen LogP contribution in [-0.4, -0.2) is 38.3 Å². The van der Waals surface area contributed by atoms with Gasteiger partial charge in [-0.25, -0.2) is 0 Å². The Labute approximate surface area is 116 Å². The zero-order valence-corrected chi connectivity index (χ0v) is 12.2. The Morgan fingerprint density at radius 2 is 1.84 bits per heavy atom. The van der Waals surface area contributed by atoms with Crippen molar-refractivity contribution in [3.8, 4) is 0 Å². The van der Waals surface area contributed by atoms with Crippen LogP contribution in [0.4, 0.5) is 5.69 Å². The first-order valence-corrected chi connectivity index (χ1v) is 6.92. The summed E-state index contributed by atoms with van der Waals surface area (Å²) >= 11 is 0. The Balaban J connectivity index is 1.95. The second-order valence-corrected chi connectivity index (χ2v) is 5.37. The van der Waals surface area contributed by atoms with Crippen LogP contribution >= 0.6 is 0 Å². The maximum absolute atomic E-state index is 5.37. The van der Waals surface area contributed by atoms with Gasteiger partial charge in [0, 0.05) is 38.6 Å². The molecule has 1 aliphatic heterocycles. The van der Waals surface area contributed by atoms with E-state index in [9.17, 15) is 0 Å². The predicted octanol–water partition coefficient (Wildman–Crippen LogP) is 2.88. The molecule has 1 aliphatic rings. The summed E-state index contributed by atoms with van der Waals surface area (Å²) in [4.78, 5) is 4.60. The molecule has 1 heterocycles. The number of anilines is 1. The second-order valence-electron chi connectivity index (χ2n) is 5.37. The Kier molecular flexibility index (Phi) is 5.00. The molecule has 0 unspecified atom stereocenters. The van der Waals surface area contributed by atoms with Gasteiger partial charge in [-0.3, -0.25) is 4.90 Å². The van der Waals surface area contributed by atoms with E-state index in [0.29, 0.717) is 0 Å². The molecule has 0 radical (unpaired) electrons. The van der Waals surface area contributed by atoms with E-state index in [4.69, 9.17) is 4.74 Å². The smallest absolute Gasteiger partial charge is 0.0594 e. The summed E-state index contributed by atoms with van der Waals surface area (Å²) in [6, 6.07) is 8.82. The normalized spacial score (nSPS) is 16.2. The molecule has 19 heavy (non-hydrogen) atoms. The average molecular weight is 260 g/mol. The van der Waals surface area contributed by atoms with E-state index in [2.05, 4.69) is 61.2 Å². The van der Waals surface area contributed by atoms with Crippen LogP contribution in [0.15, 0.2) is 36.0 Å². The molecule has 0 N–H and O–H groups in total. The van der Waals surface area contributed by atoms with Crippen LogP contribution in [0.1, 0.15) is 19.4 Å². The van der Waals surface area contributed by atoms with Crippen LogP contribution in [0.3, 0.4) is 0 Å². The van der Waals surface area contributed by atoms with Gasteiger partial charge in [0.25, 0.3) is 0 Å². The van der Waals surface area contributed by atoms with Gasteiger partial charge in [-0.2, -0.15) is 0 Å². The van der Waals surface area contributed by atoms with Crippen molar-refractivity contribution in [2.45, 2.75) is 20.4 Å². The minimum absolute atomic E-state index is 0.862. The number of rotatable bonds is 4. The van der Waals surface area contributed by atoms with Crippen molar-refractivity contribution in [3.63, 3.8) is 0 Å². The highest BCUT2D eigenvalue weighted by Crippen LogP contribution is 2.16. The molecule has 0 atom stereocenters. The molecule has 3 heteroatoms. The van der Waals surface area contributed by atoms with E-state index in [0.717, 1.165) is 32.8 Å². The third-order valence-electron chi connectivity index (χ3n) is 3.31. The van der Waals surface area contributed by atoms with Gasteiger partial charge in [-0.05, 0) is 31.5 Å². The van der Waals surface area contributed by atoms with Crippen LogP contribution in [0.5, 0.6) is 0 Å². The lowest BCUT2D eigenvalue weighted by Crippen LogP contribution is -2.35. The molecule has 2 rings (SSSR count). The molecular weight excluding hydrogens is 236 g/mol. The number of hydrogen-bond donors (Lipinski definition) is 0. The molecule has 0 saturated carbocycles. The van der Waals surface area contributed by atoms with Crippen molar-refractivity contribution in [1.29, 1.82) is 0 Å². The van der Waals surface area contributed by atoms with E-state index in [1.807, 2.05) is 0 Å². The van der Waals surface area contributed by atoms with Crippen LogP contribution in [0.2, 0.25) is 0 Å². The maximum Gasteiger partial charge on any atom is 0.0594 e. The molecular formula is C16H24N2O. The highest BCUT2D eigenvalue weighted by molar-refractivity contribution is 5.49. The highest BCUT2D eigenvalue weighted by Gasteiger charge is 2.10. The molecule has 1 saturated heterocycles. The van der Waals surface area contributed by atoms with Gasteiger partial charge in [0.2, 0.25) is 0 Å². The van der Waals surface area contributed by atoms with Crippen LogP contribution in [0.25, 0.3) is 0 Å². The Morgan fingerprint density at radius 3 is 2.42 bits per heavy atom. The zero-order valence-electron chi connectivity index (χ0n) is 12.2. The summed E-state index contributed by atoms with van der Waals surface area (Å²) in [5.74, 6) is 0. The number of morpholine rings is 1. The van der Waals surface area contributed by atoms with Crippen LogP contribution < -0.4 is 4.90 Å². The van der Waals surface area contributed by atoms with E-state index in [1.165, 1.54) is 16.8 Å². The molecule has 104 valence electrons. The van der Waals surface area contributed by atoms with Crippen molar-refractivity contribution in [2.75, 3.05) is 38.3 Å². The summed E-state index contributed by atoms with van der Waals surface area (Å²) in [5, 5.41) is 0. The van der Waals surface area contributed by atoms with Crippen molar-refractivity contribution in [2.24, 2.45) is 0 Å². The number of ether oxygens (including phenoxy) is 1. The molecule has 1 fully saturated rings. The SMILES string of the molecule is CC(C)=CN(C)c1ccc(CN2CCOCC2)cc1. The minimum Gasteiger partial charge on any atom is -0.379 e. The van der Waals surface area contributed by atoms with Gasteiger partial charge in [0.05, 0.1) is 13.2 Å². The van der Waals surface area contributed by atoms with Crippen LogP contribution in [0, 0.1) is 0 Å². The van der Waals surface area contributed by atoms with Crippen LogP contribution in [-0.2, 0) is 11.3 Å². The van der Waals surface area contributed by atoms with Gasteiger partial charge in [0.1, 0.15) is 0 Å². The first-order chi connectivity index (χ1) is 9.15. The standard InChI is InChI=1S/C16H24N2O/c1-14(2)12-17(3)16-6-4-15(5-7-16)13-18-8-10-19-11-9-18/h4-7,12H,8-11,13H2,1-3H3. The Bertz CT molecular complexity index is 415. The van der Waals surface area contributed by atoms with Crippen molar-refractivity contribution in [3.05, 3.63) is 41.6 Å². The maximum atomic E-state index is 5.37. The zero-order chi connectivity index (χ0) is 13.7. The van der Waals surface area contributed by atoms with Gasteiger partial charge in [-0.1, -0.05) is 17.7 Å². The monoisotopic (exact) mass is 260 g/mol. The summed E-state index contributed by atoms with van der Waals surface area (Å²) in [5.41, 5.74) is 3.91. The topological polar surface area (TPSA) is 15.7 Å². The lowest BCUT2D eigenvalue weighted by Gasteiger charge is -2.26. The third kappa shape index (κ3) is 4.37.